The minimum absolute atomic E-state index is 0.00686. The third-order valence-electron chi connectivity index (χ3n) is 6.47. The van der Waals surface area contributed by atoms with Crippen molar-refractivity contribution in [3.8, 4) is 11.5 Å². The van der Waals surface area contributed by atoms with Crippen molar-refractivity contribution in [1.29, 1.82) is 0 Å². The van der Waals surface area contributed by atoms with E-state index in [-0.39, 0.29) is 30.3 Å². The van der Waals surface area contributed by atoms with Gasteiger partial charge in [0.25, 0.3) is 5.91 Å². The number of hydrogen-bond donors (Lipinski definition) is 2. The van der Waals surface area contributed by atoms with Crippen molar-refractivity contribution >= 4 is 22.7 Å². The predicted molar refractivity (Wildman–Crippen MR) is 123 cm³/mol. The summed E-state index contributed by atoms with van der Waals surface area (Å²) in [7, 11) is 0. The van der Waals surface area contributed by atoms with Crippen molar-refractivity contribution < 1.29 is 23.8 Å². The average Bonchev–Trinajstić information content (AvgIpc) is 3.51. The van der Waals surface area contributed by atoms with Gasteiger partial charge >= 0.3 is 0 Å². The van der Waals surface area contributed by atoms with Crippen LogP contribution in [0.3, 0.4) is 0 Å². The Bertz CT molecular complexity index is 1110. The SMILES string of the molecule is CCC(C)[C@@H](NC(=O)c1cn(CC)c2cc3c(cc2c1=O)OCO3)C(=O)NCC1CCCO1. The van der Waals surface area contributed by atoms with E-state index in [4.69, 9.17) is 14.2 Å². The van der Waals surface area contributed by atoms with Crippen LogP contribution in [0.1, 0.15) is 50.4 Å². The minimum atomic E-state index is -0.758. The topological polar surface area (TPSA) is 108 Å². The highest BCUT2D eigenvalue weighted by Gasteiger charge is 2.29. The molecule has 2 aliphatic heterocycles. The van der Waals surface area contributed by atoms with E-state index in [1.807, 2.05) is 25.3 Å². The fourth-order valence-corrected chi connectivity index (χ4v) is 4.25. The zero-order valence-corrected chi connectivity index (χ0v) is 19.3. The molecule has 9 nitrogen and oxygen atoms in total. The molecular formula is C24H31N3O6. The molecule has 33 heavy (non-hydrogen) atoms. The van der Waals surface area contributed by atoms with Crippen LogP contribution < -0.4 is 25.5 Å². The molecule has 1 saturated heterocycles. The number of ether oxygens (including phenoxy) is 3. The van der Waals surface area contributed by atoms with E-state index < -0.39 is 17.4 Å². The maximum atomic E-state index is 13.2. The third kappa shape index (κ3) is 4.68. The molecule has 2 amide bonds. The number of rotatable bonds is 8. The van der Waals surface area contributed by atoms with Crippen LogP contribution in [0.15, 0.2) is 23.1 Å². The molecular weight excluding hydrogens is 426 g/mol. The first-order valence-electron chi connectivity index (χ1n) is 11.6. The second-order valence-electron chi connectivity index (χ2n) is 8.60. The molecule has 2 unspecified atom stereocenters. The van der Waals surface area contributed by atoms with E-state index in [0.29, 0.717) is 48.5 Å². The van der Waals surface area contributed by atoms with E-state index in [0.717, 1.165) is 12.8 Å². The molecule has 4 rings (SSSR count). The molecule has 9 heteroatoms. The summed E-state index contributed by atoms with van der Waals surface area (Å²) in [5, 5.41) is 6.08. The standard InChI is InChI=1S/C24H31N3O6/c1-4-14(3)21(24(30)25-11-15-7-6-8-31-15)26-23(29)17-12-27(5-2)18-10-20-19(32-13-33-20)9-16(18)22(17)28/h9-10,12,14-15,21H,4-8,11,13H2,1-3H3,(H,25,30)(H,26,29)/t14?,15?,21-/m1/s1. The average molecular weight is 458 g/mol. The number of carbonyl (C=O) groups is 2. The van der Waals surface area contributed by atoms with Gasteiger partial charge in [0.2, 0.25) is 18.1 Å². The fourth-order valence-electron chi connectivity index (χ4n) is 4.25. The van der Waals surface area contributed by atoms with Crippen molar-refractivity contribution in [3.63, 3.8) is 0 Å². The van der Waals surface area contributed by atoms with Gasteiger partial charge in [-0.15, -0.1) is 0 Å². The number of benzene rings is 1. The molecule has 178 valence electrons. The lowest BCUT2D eigenvalue weighted by atomic mass is 9.97. The summed E-state index contributed by atoms with van der Waals surface area (Å²) < 4.78 is 18.2. The van der Waals surface area contributed by atoms with Gasteiger partial charge in [0.15, 0.2) is 11.5 Å². The summed E-state index contributed by atoms with van der Waals surface area (Å²) in [5.41, 5.74) is 0.243. The van der Waals surface area contributed by atoms with Gasteiger partial charge in [-0.1, -0.05) is 20.3 Å². The second-order valence-corrected chi connectivity index (χ2v) is 8.60. The molecule has 0 spiro atoms. The molecule has 1 aromatic heterocycles. The van der Waals surface area contributed by atoms with Crippen LogP contribution in [0.5, 0.6) is 11.5 Å². The number of fused-ring (bicyclic) bond motifs is 2. The Labute approximate surface area is 192 Å². The number of amides is 2. The van der Waals surface area contributed by atoms with Gasteiger partial charge in [-0.3, -0.25) is 14.4 Å². The van der Waals surface area contributed by atoms with E-state index >= 15 is 0 Å². The van der Waals surface area contributed by atoms with Gasteiger partial charge in [-0.05, 0) is 31.7 Å². The van der Waals surface area contributed by atoms with Gasteiger partial charge in [0.1, 0.15) is 11.6 Å². The van der Waals surface area contributed by atoms with Crippen LogP contribution >= 0.6 is 0 Å². The van der Waals surface area contributed by atoms with Crippen molar-refractivity contribution in [3.05, 3.63) is 34.1 Å². The first-order valence-corrected chi connectivity index (χ1v) is 11.6. The summed E-state index contributed by atoms with van der Waals surface area (Å²) >= 11 is 0. The van der Waals surface area contributed by atoms with Gasteiger partial charge < -0.3 is 29.4 Å². The molecule has 3 atom stereocenters. The van der Waals surface area contributed by atoms with Crippen molar-refractivity contribution in [2.75, 3.05) is 19.9 Å². The van der Waals surface area contributed by atoms with Crippen LogP contribution in [0.2, 0.25) is 0 Å². The Kier molecular flexibility index (Phi) is 6.88. The number of hydrogen-bond acceptors (Lipinski definition) is 6. The van der Waals surface area contributed by atoms with Crippen LogP contribution in [-0.4, -0.2) is 48.5 Å². The van der Waals surface area contributed by atoms with E-state index in [1.165, 1.54) is 0 Å². The Hall–Kier alpha value is -3.07. The maximum absolute atomic E-state index is 13.2. The van der Waals surface area contributed by atoms with Crippen LogP contribution in [0.25, 0.3) is 10.9 Å². The molecule has 1 aromatic carbocycles. The van der Waals surface area contributed by atoms with Crippen LogP contribution in [0, 0.1) is 5.92 Å². The number of pyridine rings is 1. The van der Waals surface area contributed by atoms with Gasteiger partial charge in [0.05, 0.1) is 17.0 Å². The highest BCUT2D eigenvalue weighted by Crippen LogP contribution is 2.35. The molecule has 3 heterocycles. The predicted octanol–water partition coefficient (Wildman–Crippen LogP) is 2.19. The Morgan fingerprint density at radius 3 is 2.64 bits per heavy atom. The first kappa shape index (κ1) is 23.1. The van der Waals surface area contributed by atoms with E-state index in [9.17, 15) is 14.4 Å². The lowest BCUT2D eigenvalue weighted by Gasteiger charge is -2.24. The third-order valence-corrected chi connectivity index (χ3v) is 6.47. The largest absolute Gasteiger partial charge is 0.454 e. The number of nitrogens with zero attached hydrogens (tertiary/aromatic N) is 1. The monoisotopic (exact) mass is 457 g/mol. The number of aryl methyl sites for hydroxylation is 1. The van der Waals surface area contributed by atoms with Crippen LogP contribution in [0.4, 0.5) is 0 Å². The Morgan fingerprint density at radius 1 is 1.21 bits per heavy atom. The quantitative estimate of drug-likeness (QED) is 0.629. The Morgan fingerprint density at radius 2 is 1.97 bits per heavy atom. The molecule has 2 aromatic rings. The van der Waals surface area contributed by atoms with Gasteiger partial charge in [-0.25, -0.2) is 0 Å². The summed E-state index contributed by atoms with van der Waals surface area (Å²) in [6.07, 6.45) is 4.14. The van der Waals surface area contributed by atoms with E-state index in [2.05, 4.69) is 10.6 Å². The molecule has 0 aliphatic carbocycles. The summed E-state index contributed by atoms with van der Waals surface area (Å²) in [4.78, 5) is 39.4. The number of aromatic nitrogens is 1. The summed E-state index contributed by atoms with van der Waals surface area (Å²) in [6.45, 7) is 7.55. The molecule has 2 aliphatic rings. The highest BCUT2D eigenvalue weighted by molar-refractivity contribution is 6.00. The van der Waals surface area contributed by atoms with Gasteiger partial charge in [-0.2, -0.15) is 0 Å². The second kappa shape index (κ2) is 9.82. The molecule has 0 bridgehead atoms. The maximum Gasteiger partial charge on any atom is 0.257 e. The molecule has 0 saturated carbocycles. The van der Waals surface area contributed by atoms with Gasteiger partial charge in [0, 0.05) is 32.0 Å². The lowest BCUT2D eigenvalue weighted by Crippen LogP contribution is -2.52. The first-order chi connectivity index (χ1) is 15.9. The summed E-state index contributed by atoms with van der Waals surface area (Å²) in [5.74, 6) is 0.0977. The normalized spacial score (nSPS) is 18.8. The highest BCUT2D eigenvalue weighted by atomic mass is 16.7. The van der Waals surface area contributed by atoms with Crippen LogP contribution in [-0.2, 0) is 16.1 Å². The zero-order chi connectivity index (χ0) is 23.5. The summed E-state index contributed by atoms with van der Waals surface area (Å²) in [6, 6.07) is 2.61. The number of nitrogens with one attached hydrogen (secondary N) is 2. The fraction of sp³-hybridized carbons (Fsp3) is 0.542. The Balaban J connectivity index is 1.60. The molecule has 0 radical (unpaired) electrons. The molecule has 1 fully saturated rings. The van der Waals surface area contributed by atoms with Crippen molar-refractivity contribution in [2.24, 2.45) is 5.92 Å². The van der Waals surface area contributed by atoms with Crippen molar-refractivity contribution in [2.45, 2.75) is 58.7 Å². The zero-order valence-electron chi connectivity index (χ0n) is 19.3. The molecule has 2 N–H and O–H groups in total. The van der Waals surface area contributed by atoms with Crippen molar-refractivity contribution in [1.82, 2.24) is 15.2 Å². The van der Waals surface area contributed by atoms with E-state index in [1.54, 1.807) is 18.3 Å². The minimum Gasteiger partial charge on any atom is -0.454 e. The smallest absolute Gasteiger partial charge is 0.257 e. The number of carbonyl (C=O) groups excluding carboxylic acids is 2. The lowest BCUT2D eigenvalue weighted by molar-refractivity contribution is -0.124.